The van der Waals surface area contributed by atoms with E-state index in [-0.39, 0.29) is 0 Å². The molecular formula is C23H30N2. The number of nitrogens with zero attached hydrogens (tertiary/aromatic N) is 1. The van der Waals surface area contributed by atoms with Crippen LogP contribution in [0.5, 0.6) is 0 Å². The Morgan fingerprint density at radius 2 is 1.72 bits per heavy atom. The first-order valence-corrected chi connectivity index (χ1v) is 9.61. The second-order valence-corrected chi connectivity index (χ2v) is 7.02. The molecule has 1 aromatic heterocycles. The van der Waals surface area contributed by atoms with E-state index in [1.54, 1.807) is 0 Å². The standard InChI is InChI=1S/C23H30N2/c1-3-4-5-8-15-24-16-21-18-25(23-10-7-6-9-22(21)23)17-20-13-11-19(2)12-14-20/h6-7,9-14,18,24H,3-5,8,15-17H2,1-2H3. The third-order valence-electron chi connectivity index (χ3n) is 4.87. The summed E-state index contributed by atoms with van der Waals surface area (Å²) in [5, 5.41) is 5.00. The van der Waals surface area contributed by atoms with Crippen LogP contribution in [-0.2, 0) is 13.1 Å². The van der Waals surface area contributed by atoms with Crippen LogP contribution in [0.15, 0.2) is 54.7 Å². The topological polar surface area (TPSA) is 17.0 Å². The molecule has 2 heteroatoms. The summed E-state index contributed by atoms with van der Waals surface area (Å²) in [5.41, 5.74) is 5.39. The molecule has 0 spiro atoms. The minimum Gasteiger partial charge on any atom is -0.343 e. The van der Waals surface area contributed by atoms with Crippen LogP contribution >= 0.6 is 0 Å². The van der Waals surface area contributed by atoms with Crippen LogP contribution in [0.3, 0.4) is 0 Å². The highest BCUT2D eigenvalue weighted by Gasteiger charge is 2.08. The Hall–Kier alpha value is -2.06. The zero-order valence-corrected chi connectivity index (χ0v) is 15.6. The number of aryl methyl sites for hydroxylation is 1. The van der Waals surface area contributed by atoms with Gasteiger partial charge in [-0.2, -0.15) is 0 Å². The molecule has 3 rings (SSSR count). The molecule has 132 valence electrons. The van der Waals surface area contributed by atoms with Crippen LogP contribution in [0.2, 0.25) is 0 Å². The average Bonchev–Trinajstić information content (AvgIpc) is 2.98. The average molecular weight is 335 g/mol. The van der Waals surface area contributed by atoms with Crippen molar-refractivity contribution >= 4 is 10.9 Å². The Morgan fingerprint density at radius 1 is 0.920 bits per heavy atom. The second-order valence-electron chi connectivity index (χ2n) is 7.02. The van der Waals surface area contributed by atoms with E-state index in [0.29, 0.717) is 0 Å². The van der Waals surface area contributed by atoms with E-state index in [9.17, 15) is 0 Å². The zero-order valence-electron chi connectivity index (χ0n) is 15.6. The van der Waals surface area contributed by atoms with Gasteiger partial charge in [-0.1, -0.05) is 74.2 Å². The van der Waals surface area contributed by atoms with Crippen molar-refractivity contribution in [3.8, 4) is 0 Å². The molecule has 0 saturated carbocycles. The van der Waals surface area contributed by atoms with E-state index in [1.807, 2.05) is 0 Å². The molecule has 2 nitrogen and oxygen atoms in total. The lowest BCUT2D eigenvalue weighted by Gasteiger charge is -2.06. The number of para-hydroxylation sites is 1. The summed E-state index contributed by atoms with van der Waals surface area (Å²) in [7, 11) is 0. The summed E-state index contributed by atoms with van der Waals surface area (Å²) < 4.78 is 2.38. The number of benzene rings is 2. The van der Waals surface area contributed by atoms with Gasteiger partial charge in [-0.15, -0.1) is 0 Å². The fourth-order valence-electron chi connectivity index (χ4n) is 3.38. The highest BCUT2D eigenvalue weighted by molar-refractivity contribution is 5.84. The van der Waals surface area contributed by atoms with Gasteiger partial charge in [-0.05, 0) is 37.1 Å². The molecule has 0 amide bonds. The number of rotatable bonds is 9. The van der Waals surface area contributed by atoms with Gasteiger partial charge in [-0.25, -0.2) is 0 Å². The Bertz CT molecular complexity index is 783. The second kappa shape index (κ2) is 8.87. The van der Waals surface area contributed by atoms with Crippen molar-refractivity contribution in [2.75, 3.05) is 6.54 Å². The van der Waals surface area contributed by atoms with E-state index < -0.39 is 0 Å². The maximum Gasteiger partial charge on any atom is 0.0486 e. The predicted octanol–water partition coefficient (Wildman–Crippen LogP) is 5.67. The van der Waals surface area contributed by atoms with Gasteiger partial charge in [0.25, 0.3) is 0 Å². The summed E-state index contributed by atoms with van der Waals surface area (Å²) in [6.45, 7) is 7.39. The molecule has 0 aliphatic heterocycles. The number of aromatic nitrogens is 1. The van der Waals surface area contributed by atoms with Crippen LogP contribution in [0, 0.1) is 6.92 Å². The Morgan fingerprint density at radius 3 is 2.52 bits per heavy atom. The molecule has 2 aromatic carbocycles. The van der Waals surface area contributed by atoms with E-state index >= 15 is 0 Å². The molecule has 1 heterocycles. The largest absolute Gasteiger partial charge is 0.343 e. The van der Waals surface area contributed by atoms with Crippen molar-refractivity contribution in [1.29, 1.82) is 0 Å². The van der Waals surface area contributed by atoms with Crippen LogP contribution in [0.4, 0.5) is 0 Å². The number of unbranched alkanes of at least 4 members (excludes halogenated alkanes) is 3. The normalized spacial score (nSPS) is 11.3. The molecule has 0 saturated heterocycles. The molecule has 3 aromatic rings. The van der Waals surface area contributed by atoms with Crippen LogP contribution in [-0.4, -0.2) is 11.1 Å². The highest BCUT2D eigenvalue weighted by atomic mass is 15.0. The van der Waals surface area contributed by atoms with E-state index in [0.717, 1.165) is 19.6 Å². The van der Waals surface area contributed by atoms with Gasteiger partial charge < -0.3 is 9.88 Å². The summed E-state index contributed by atoms with van der Waals surface area (Å²) in [5.74, 6) is 0. The Kier molecular flexibility index (Phi) is 6.30. The molecule has 0 fully saturated rings. The Labute approximate surface area is 151 Å². The molecule has 25 heavy (non-hydrogen) atoms. The Balaban J connectivity index is 1.70. The van der Waals surface area contributed by atoms with Crippen LogP contribution < -0.4 is 5.32 Å². The lowest BCUT2D eigenvalue weighted by Crippen LogP contribution is -2.14. The molecular weight excluding hydrogens is 304 g/mol. The predicted molar refractivity (Wildman–Crippen MR) is 108 cm³/mol. The molecule has 0 radical (unpaired) electrons. The fraction of sp³-hybridized carbons (Fsp3) is 0.391. The first kappa shape index (κ1) is 17.8. The van der Waals surface area contributed by atoms with Gasteiger partial charge in [0.1, 0.15) is 0 Å². The van der Waals surface area contributed by atoms with Crippen molar-refractivity contribution in [1.82, 2.24) is 9.88 Å². The van der Waals surface area contributed by atoms with Crippen LogP contribution in [0.25, 0.3) is 10.9 Å². The van der Waals surface area contributed by atoms with E-state index in [1.165, 1.54) is 53.3 Å². The number of hydrogen-bond donors (Lipinski definition) is 1. The smallest absolute Gasteiger partial charge is 0.0486 e. The van der Waals surface area contributed by atoms with Gasteiger partial charge in [0.2, 0.25) is 0 Å². The first-order valence-electron chi connectivity index (χ1n) is 9.61. The molecule has 0 aliphatic carbocycles. The summed E-state index contributed by atoms with van der Waals surface area (Å²) >= 11 is 0. The van der Waals surface area contributed by atoms with Crippen LogP contribution in [0.1, 0.15) is 49.3 Å². The SMILES string of the molecule is CCCCCCNCc1cn(Cc2ccc(C)cc2)c2ccccc12. The minimum atomic E-state index is 0.928. The lowest BCUT2D eigenvalue weighted by atomic mass is 10.1. The molecule has 0 bridgehead atoms. The van der Waals surface area contributed by atoms with Crippen molar-refractivity contribution in [2.45, 2.75) is 52.6 Å². The maximum atomic E-state index is 3.62. The van der Waals surface area contributed by atoms with Crippen molar-refractivity contribution in [3.63, 3.8) is 0 Å². The number of fused-ring (bicyclic) bond motifs is 1. The highest BCUT2D eigenvalue weighted by Crippen LogP contribution is 2.22. The molecule has 0 atom stereocenters. The van der Waals surface area contributed by atoms with Gasteiger partial charge in [0.05, 0.1) is 0 Å². The quantitative estimate of drug-likeness (QED) is 0.499. The maximum absolute atomic E-state index is 3.62. The minimum absolute atomic E-state index is 0.928. The van der Waals surface area contributed by atoms with Crippen molar-refractivity contribution in [2.24, 2.45) is 0 Å². The van der Waals surface area contributed by atoms with E-state index in [2.05, 4.69) is 78.5 Å². The van der Waals surface area contributed by atoms with Gasteiger partial charge in [0.15, 0.2) is 0 Å². The van der Waals surface area contributed by atoms with Crippen molar-refractivity contribution < 1.29 is 0 Å². The van der Waals surface area contributed by atoms with E-state index in [4.69, 9.17) is 0 Å². The summed E-state index contributed by atoms with van der Waals surface area (Å²) in [6.07, 6.45) is 7.57. The molecule has 0 aliphatic rings. The fourth-order valence-corrected chi connectivity index (χ4v) is 3.38. The monoisotopic (exact) mass is 334 g/mol. The number of nitrogens with one attached hydrogen (secondary N) is 1. The molecule has 0 unspecified atom stereocenters. The summed E-state index contributed by atoms with van der Waals surface area (Å²) in [4.78, 5) is 0. The number of hydrogen-bond acceptors (Lipinski definition) is 1. The summed E-state index contributed by atoms with van der Waals surface area (Å²) in [6, 6.07) is 17.6. The van der Waals surface area contributed by atoms with Gasteiger partial charge in [0, 0.05) is 30.2 Å². The zero-order chi connectivity index (χ0) is 17.5. The molecule has 1 N–H and O–H groups in total. The third-order valence-corrected chi connectivity index (χ3v) is 4.87. The van der Waals surface area contributed by atoms with Crippen molar-refractivity contribution in [3.05, 3.63) is 71.4 Å². The van der Waals surface area contributed by atoms with Gasteiger partial charge >= 0.3 is 0 Å². The first-order chi connectivity index (χ1) is 12.3. The lowest BCUT2D eigenvalue weighted by molar-refractivity contribution is 0.598. The van der Waals surface area contributed by atoms with Gasteiger partial charge in [-0.3, -0.25) is 0 Å². The third kappa shape index (κ3) is 4.73.